The van der Waals surface area contributed by atoms with Crippen molar-refractivity contribution in [3.05, 3.63) is 12.2 Å². The first-order valence-electron chi connectivity index (χ1n) is 14.0. The van der Waals surface area contributed by atoms with Crippen LogP contribution < -0.4 is 0 Å². The zero-order chi connectivity index (χ0) is 25.1. The van der Waals surface area contributed by atoms with Gasteiger partial charge in [0.15, 0.2) is 5.79 Å². The van der Waals surface area contributed by atoms with Gasteiger partial charge in [0, 0.05) is 32.3 Å². The summed E-state index contributed by atoms with van der Waals surface area (Å²) in [5, 5.41) is 10.6. The first kappa shape index (κ1) is 28.1. The van der Waals surface area contributed by atoms with E-state index in [1.165, 1.54) is 70.8 Å². The molecule has 3 aliphatic heterocycles. The molecule has 200 valence electrons. The van der Waals surface area contributed by atoms with Crippen LogP contribution in [-0.2, 0) is 28.5 Å². The molecule has 35 heavy (non-hydrogen) atoms. The predicted molar refractivity (Wildman–Crippen MR) is 133 cm³/mol. The van der Waals surface area contributed by atoms with Crippen molar-refractivity contribution < 1.29 is 33.6 Å². The lowest BCUT2D eigenvalue weighted by Gasteiger charge is -2.41. The molecule has 1 spiro atoms. The summed E-state index contributed by atoms with van der Waals surface area (Å²) in [6, 6.07) is 0. The molecule has 0 aromatic heterocycles. The van der Waals surface area contributed by atoms with Gasteiger partial charge in [0.2, 0.25) is 0 Å². The van der Waals surface area contributed by atoms with E-state index in [0.717, 1.165) is 19.3 Å². The maximum absolute atomic E-state index is 11.7. The third kappa shape index (κ3) is 9.51. The molecular weight excluding hydrogens is 448 g/mol. The number of rotatable bonds is 15. The highest BCUT2D eigenvalue weighted by atomic mass is 16.7. The number of aliphatic hydroxyl groups is 1. The fourth-order valence-electron chi connectivity index (χ4n) is 5.71. The van der Waals surface area contributed by atoms with Crippen molar-refractivity contribution in [1.82, 2.24) is 0 Å². The van der Waals surface area contributed by atoms with Crippen molar-refractivity contribution in [3.8, 4) is 0 Å². The van der Waals surface area contributed by atoms with E-state index in [1.54, 1.807) is 6.08 Å². The van der Waals surface area contributed by atoms with Gasteiger partial charge in [-0.2, -0.15) is 0 Å². The van der Waals surface area contributed by atoms with E-state index >= 15 is 0 Å². The number of esters is 2. The van der Waals surface area contributed by atoms with Gasteiger partial charge in [-0.1, -0.05) is 71.1 Å². The molecule has 0 bridgehead atoms. The summed E-state index contributed by atoms with van der Waals surface area (Å²) < 4.78 is 23.5. The first-order chi connectivity index (χ1) is 16.9. The molecule has 0 amide bonds. The molecule has 6 atom stereocenters. The minimum atomic E-state index is -0.968. The van der Waals surface area contributed by atoms with Crippen molar-refractivity contribution >= 4 is 11.9 Å². The van der Waals surface area contributed by atoms with E-state index < -0.39 is 11.9 Å². The number of aliphatic hydroxyl groups excluding tert-OH is 1. The van der Waals surface area contributed by atoms with E-state index in [-0.39, 0.29) is 36.4 Å². The van der Waals surface area contributed by atoms with E-state index in [2.05, 4.69) is 6.92 Å². The Morgan fingerprint density at radius 2 is 1.71 bits per heavy atom. The molecule has 0 radical (unpaired) electrons. The Bertz CT molecular complexity index is 693. The number of hydrogen-bond donors (Lipinski definition) is 1. The van der Waals surface area contributed by atoms with Gasteiger partial charge in [0.25, 0.3) is 0 Å². The van der Waals surface area contributed by atoms with Gasteiger partial charge in [0.1, 0.15) is 18.3 Å². The summed E-state index contributed by atoms with van der Waals surface area (Å²) in [4.78, 5) is 23.3. The molecule has 3 heterocycles. The summed E-state index contributed by atoms with van der Waals surface area (Å²) in [6.45, 7) is 3.69. The molecule has 0 aromatic carbocycles. The average Bonchev–Trinajstić information content (AvgIpc) is 3.12. The van der Waals surface area contributed by atoms with Crippen molar-refractivity contribution in [2.24, 2.45) is 0 Å². The fraction of sp³-hybridized carbons (Fsp3) is 0.857. The number of carbonyl (C=O) groups excluding carboxylic acids is 2. The van der Waals surface area contributed by atoms with Crippen LogP contribution in [0.4, 0.5) is 0 Å². The lowest BCUT2D eigenvalue weighted by molar-refractivity contribution is -0.285. The van der Waals surface area contributed by atoms with E-state index in [4.69, 9.17) is 18.9 Å². The van der Waals surface area contributed by atoms with Crippen molar-refractivity contribution in [2.45, 2.75) is 153 Å². The quantitative estimate of drug-likeness (QED) is 0.237. The lowest BCUT2D eigenvalue weighted by atomic mass is 9.92. The Balaban J connectivity index is 1.39. The van der Waals surface area contributed by atoms with Gasteiger partial charge in [-0.05, 0) is 25.3 Å². The Morgan fingerprint density at radius 3 is 2.37 bits per heavy atom. The van der Waals surface area contributed by atoms with Gasteiger partial charge in [0.05, 0.1) is 12.2 Å². The van der Waals surface area contributed by atoms with Crippen LogP contribution in [0.1, 0.15) is 117 Å². The largest absolute Gasteiger partial charge is 0.462 e. The molecule has 0 unspecified atom stereocenters. The van der Waals surface area contributed by atoms with E-state index in [9.17, 15) is 14.7 Å². The normalized spacial score (nSPS) is 30.8. The summed E-state index contributed by atoms with van der Waals surface area (Å²) in [7, 11) is 0. The number of unbranched alkanes of at least 4 members (excludes halogenated alkanes) is 10. The van der Waals surface area contributed by atoms with Crippen LogP contribution in [0.5, 0.6) is 0 Å². The Kier molecular flexibility index (Phi) is 11.5. The van der Waals surface area contributed by atoms with Crippen molar-refractivity contribution in [2.75, 3.05) is 0 Å². The topological polar surface area (TPSA) is 91.3 Å². The molecule has 0 aromatic rings. The Hall–Kier alpha value is -1.44. The third-order valence-electron chi connectivity index (χ3n) is 7.37. The van der Waals surface area contributed by atoms with Crippen LogP contribution in [-0.4, -0.2) is 53.4 Å². The minimum absolute atomic E-state index is 0.236. The summed E-state index contributed by atoms with van der Waals surface area (Å²) in [5.74, 6) is -1.63. The summed E-state index contributed by atoms with van der Waals surface area (Å²) in [5.41, 5.74) is 0. The van der Waals surface area contributed by atoms with E-state index in [0.29, 0.717) is 25.7 Å². The van der Waals surface area contributed by atoms with Gasteiger partial charge in [-0.3, -0.25) is 4.79 Å². The molecule has 1 N–H and O–H groups in total. The maximum Gasteiger partial charge on any atom is 0.330 e. The van der Waals surface area contributed by atoms with Crippen LogP contribution >= 0.6 is 0 Å². The predicted octanol–water partition coefficient (Wildman–Crippen LogP) is 5.52. The second-order valence-corrected chi connectivity index (χ2v) is 10.7. The zero-order valence-corrected chi connectivity index (χ0v) is 21.8. The molecule has 0 aliphatic carbocycles. The summed E-state index contributed by atoms with van der Waals surface area (Å²) >= 11 is 0. The second-order valence-electron chi connectivity index (χ2n) is 10.7. The van der Waals surface area contributed by atoms with Gasteiger partial charge in [-0.15, -0.1) is 0 Å². The highest BCUT2D eigenvalue weighted by Gasteiger charge is 2.53. The third-order valence-corrected chi connectivity index (χ3v) is 7.37. The SMILES string of the molecule is CCCCCCCCCCCCC[C@@H](C[C@H]1C[C@H](O)C[C@@]2(C[C@@H]3OC(=O)C=C[C@@H]3O2)O1)OC(C)=O. The van der Waals surface area contributed by atoms with E-state index in [1.807, 2.05) is 0 Å². The molecule has 3 rings (SSSR count). The van der Waals surface area contributed by atoms with Gasteiger partial charge < -0.3 is 24.1 Å². The number of carbonyl (C=O) groups is 2. The molecule has 7 heteroatoms. The standard InChI is InChI=1S/C28H46O7/c1-3-4-5-6-7-8-9-10-11-12-13-14-23(32-21(2)29)18-24-17-22(30)19-28(34-24)20-26-25(35-28)15-16-27(31)33-26/h15-16,22-26,30H,3-14,17-20H2,1-2H3/t22-,23-,24+,25-,26-,28+/m0/s1. The zero-order valence-electron chi connectivity index (χ0n) is 21.8. The highest BCUT2D eigenvalue weighted by Crippen LogP contribution is 2.44. The average molecular weight is 495 g/mol. The minimum Gasteiger partial charge on any atom is -0.462 e. The maximum atomic E-state index is 11.7. The Labute approximate surface area is 210 Å². The molecule has 2 saturated heterocycles. The molecular formula is C28H46O7. The lowest BCUT2D eigenvalue weighted by Crippen LogP contribution is -2.47. The first-order valence-corrected chi connectivity index (χ1v) is 14.0. The van der Waals surface area contributed by atoms with Crippen LogP contribution in [0.15, 0.2) is 12.2 Å². The van der Waals surface area contributed by atoms with Crippen LogP contribution in [0.2, 0.25) is 0 Å². The molecule has 0 saturated carbocycles. The number of fused-ring (bicyclic) bond motifs is 1. The molecule has 2 fully saturated rings. The molecule has 7 nitrogen and oxygen atoms in total. The van der Waals surface area contributed by atoms with Gasteiger partial charge in [-0.25, -0.2) is 4.79 Å². The van der Waals surface area contributed by atoms with Crippen LogP contribution in [0, 0.1) is 0 Å². The number of hydrogen-bond acceptors (Lipinski definition) is 7. The molecule has 3 aliphatic rings. The fourth-order valence-corrected chi connectivity index (χ4v) is 5.71. The highest BCUT2D eigenvalue weighted by molar-refractivity contribution is 5.83. The smallest absolute Gasteiger partial charge is 0.330 e. The van der Waals surface area contributed by atoms with Crippen molar-refractivity contribution in [1.29, 1.82) is 0 Å². The van der Waals surface area contributed by atoms with Gasteiger partial charge >= 0.3 is 11.9 Å². The summed E-state index contributed by atoms with van der Waals surface area (Å²) in [6.07, 6.45) is 17.8. The van der Waals surface area contributed by atoms with Crippen LogP contribution in [0.25, 0.3) is 0 Å². The number of ether oxygens (including phenoxy) is 4. The second kappa shape index (κ2) is 14.3. The van der Waals surface area contributed by atoms with Crippen molar-refractivity contribution in [3.63, 3.8) is 0 Å². The Morgan fingerprint density at radius 1 is 1.06 bits per heavy atom. The monoisotopic (exact) mass is 494 g/mol. The van der Waals surface area contributed by atoms with Crippen LogP contribution in [0.3, 0.4) is 0 Å².